The second kappa shape index (κ2) is 39.8. The summed E-state index contributed by atoms with van der Waals surface area (Å²) < 4.78 is 0. The Bertz CT molecular complexity index is 1420. The molecule has 2 aromatic carbocycles. The first-order valence-corrected chi connectivity index (χ1v) is 32.0. The number of hydrogen-bond acceptors (Lipinski definition) is 0. The van der Waals surface area contributed by atoms with Crippen LogP contribution in [-0.4, -0.2) is 0 Å². The van der Waals surface area contributed by atoms with Gasteiger partial charge >= 0.3 is 0 Å². The molecule has 70 heavy (non-hydrogen) atoms. The van der Waals surface area contributed by atoms with Crippen molar-refractivity contribution in [3.63, 3.8) is 0 Å². The topological polar surface area (TPSA) is 0 Å². The molecule has 1 unspecified atom stereocenters. The molecule has 0 aliphatic heterocycles. The van der Waals surface area contributed by atoms with Crippen LogP contribution >= 0.6 is 0 Å². The van der Waals surface area contributed by atoms with Crippen LogP contribution in [0.25, 0.3) is 0 Å². The van der Waals surface area contributed by atoms with Gasteiger partial charge in [-0.2, -0.15) is 0 Å². The van der Waals surface area contributed by atoms with Crippen molar-refractivity contribution in [3.8, 4) is 0 Å². The van der Waals surface area contributed by atoms with Gasteiger partial charge in [-0.1, -0.05) is 261 Å². The monoisotopic (exact) mass is 975 g/mol. The molecule has 0 heteroatoms. The molecule has 0 spiro atoms. The fraction of sp³-hybridized carbons (Fsp3) is 0.829. The van der Waals surface area contributed by atoms with Gasteiger partial charge in [-0.3, -0.25) is 0 Å². The maximum absolute atomic E-state index is 2.45. The molecule has 0 amide bonds. The summed E-state index contributed by atoms with van der Waals surface area (Å²) in [6.07, 6.45) is 29.5. The summed E-state index contributed by atoms with van der Waals surface area (Å²) in [7, 11) is 0. The van der Waals surface area contributed by atoms with E-state index in [2.05, 4.69) is 118 Å². The Kier molecular flexibility index (Phi) is 41.4. The minimum Gasteiger partial charge on any atom is -0.0683 e. The largest absolute Gasteiger partial charge is 0.0683 e. The van der Waals surface area contributed by atoms with E-state index in [0.717, 1.165) is 58.2 Å². The first kappa shape index (κ1) is 72.7. The van der Waals surface area contributed by atoms with Gasteiger partial charge in [0.15, 0.2) is 0 Å². The second-order valence-electron chi connectivity index (χ2n) is 21.7. The van der Waals surface area contributed by atoms with Crippen LogP contribution in [0.1, 0.15) is 311 Å². The van der Waals surface area contributed by atoms with Crippen LogP contribution in [-0.2, 0) is 24.7 Å². The first-order valence-electron chi connectivity index (χ1n) is 32.0. The predicted octanol–water partition coefficient (Wildman–Crippen LogP) is 24.2. The van der Waals surface area contributed by atoms with Crippen molar-refractivity contribution in [1.82, 2.24) is 0 Å². The van der Waals surface area contributed by atoms with Gasteiger partial charge in [0, 0.05) is 5.41 Å². The number of fused-ring (bicyclic) bond motifs is 2. The van der Waals surface area contributed by atoms with Crippen LogP contribution < -0.4 is 0 Å². The molecule has 7 aliphatic rings. The summed E-state index contributed by atoms with van der Waals surface area (Å²) in [5.74, 6) is 7.47. The Labute approximate surface area is 446 Å². The summed E-state index contributed by atoms with van der Waals surface area (Å²) in [4.78, 5) is 0. The lowest BCUT2D eigenvalue weighted by Gasteiger charge is -2.42. The second-order valence-corrected chi connectivity index (χ2v) is 21.7. The molecule has 0 heterocycles. The van der Waals surface area contributed by atoms with Crippen LogP contribution in [0.4, 0.5) is 0 Å². The number of rotatable bonds is 8. The lowest BCUT2D eigenvalue weighted by molar-refractivity contribution is 0.0883. The summed E-state index contributed by atoms with van der Waals surface area (Å²) in [5.41, 5.74) is 9.10. The van der Waals surface area contributed by atoms with E-state index in [-0.39, 0.29) is 0 Å². The molecule has 0 nitrogen and oxygen atoms in total. The molecule has 0 saturated heterocycles. The fourth-order valence-corrected chi connectivity index (χ4v) is 13.8. The van der Waals surface area contributed by atoms with Crippen molar-refractivity contribution in [3.05, 3.63) is 70.8 Å². The average molecular weight is 976 g/mol. The van der Waals surface area contributed by atoms with Crippen LogP contribution in [0, 0.1) is 63.6 Å². The van der Waals surface area contributed by atoms with Crippen LogP contribution in [0.3, 0.4) is 0 Å². The maximum atomic E-state index is 2.45. The van der Waals surface area contributed by atoms with E-state index in [4.69, 9.17) is 0 Å². The van der Waals surface area contributed by atoms with Gasteiger partial charge in [0.2, 0.25) is 0 Å². The van der Waals surface area contributed by atoms with Crippen molar-refractivity contribution in [2.24, 2.45) is 63.6 Å². The van der Waals surface area contributed by atoms with E-state index in [9.17, 15) is 0 Å². The third-order valence-electron chi connectivity index (χ3n) is 17.8. The van der Waals surface area contributed by atoms with E-state index in [1.807, 2.05) is 111 Å². The Morgan fingerprint density at radius 3 is 0.957 bits per heavy atom. The molecule has 0 aromatic heterocycles. The molecule has 2 aromatic rings. The summed E-state index contributed by atoms with van der Waals surface area (Å²) in [6.45, 7) is 56.1. The van der Waals surface area contributed by atoms with Gasteiger partial charge in [-0.25, -0.2) is 0 Å². The highest BCUT2D eigenvalue weighted by Crippen LogP contribution is 2.60. The van der Waals surface area contributed by atoms with Crippen molar-refractivity contribution >= 4 is 0 Å². The lowest BCUT2D eigenvalue weighted by Crippen LogP contribution is -2.36. The van der Waals surface area contributed by atoms with Gasteiger partial charge in [-0.05, 0) is 182 Å². The van der Waals surface area contributed by atoms with Gasteiger partial charge in [0.25, 0.3) is 0 Å². The summed E-state index contributed by atoms with van der Waals surface area (Å²) >= 11 is 0. The zero-order valence-corrected chi connectivity index (χ0v) is 53.4. The first-order chi connectivity index (χ1) is 33.8. The van der Waals surface area contributed by atoms with Crippen molar-refractivity contribution in [1.29, 1.82) is 0 Å². The molecule has 414 valence electrons. The Hall–Kier alpha value is -1.56. The zero-order chi connectivity index (χ0) is 54.7. The minimum absolute atomic E-state index is 0.427. The molecule has 0 radical (unpaired) electrons. The highest BCUT2D eigenvalue weighted by molar-refractivity contribution is 5.40. The summed E-state index contributed by atoms with van der Waals surface area (Å²) in [6, 6.07) is 18.1. The van der Waals surface area contributed by atoms with Crippen molar-refractivity contribution in [2.75, 3.05) is 0 Å². The van der Waals surface area contributed by atoms with Gasteiger partial charge in [-0.15, -0.1) is 0 Å². The third kappa shape index (κ3) is 19.9. The fourth-order valence-electron chi connectivity index (χ4n) is 13.8. The van der Waals surface area contributed by atoms with Crippen LogP contribution in [0.5, 0.6) is 0 Å². The van der Waals surface area contributed by atoms with E-state index in [1.54, 1.807) is 22.3 Å². The molecule has 1 atom stereocenters. The molecular weight excluding hydrogens is 841 g/mol. The molecule has 0 bridgehead atoms. The molecule has 5 fully saturated rings. The number of benzene rings is 2. The third-order valence-corrected chi connectivity index (χ3v) is 17.8. The Morgan fingerprint density at radius 2 is 0.614 bits per heavy atom. The highest BCUT2D eigenvalue weighted by Gasteiger charge is 2.50. The van der Waals surface area contributed by atoms with Crippen molar-refractivity contribution in [2.45, 2.75) is 314 Å². The maximum Gasteiger partial charge on any atom is 0.000483 e. The number of hydrogen-bond donors (Lipinski definition) is 0. The molecule has 0 N–H and O–H groups in total. The van der Waals surface area contributed by atoms with Gasteiger partial charge < -0.3 is 0 Å². The van der Waals surface area contributed by atoms with E-state index < -0.39 is 0 Å². The highest BCUT2D eigenvalue weighted by atomic mass is 14.5. The zero-order valence-electron chi connectivity index (χ0n) is 53.4. The molecular formula is C70H134. The summed E-state index contributed by atoms with van der Waals surface area (Å²) in [5, 5.41) is 0. The van der Waals surface area contributed by atoms with Crippen LogP contribution in [0.2, 0.25) is 0 Å². The normalized spacial score (nSPS) is 21.0. The van der Waals surface area contributed by atoms with E-state index in [1.165, 1.54) is 128 Å². The lowest BCUT2D eigenvalue weighted by atomic mass is 9.62. The van der Waals surface area contributed by atoms with Gasteiger partial charge in [0.1, 0.15) is 0 Å². The molecule has 5 saturated carbocycles. The standard InChI is InChI=1S/C16H22.C15H22.C12H22.C11H20.8C2H6/c1-12(2)16(15-7-8-15)10-9-13-5-3-4-6-14(13)11-16;1-11(2)15(12(3)4)10-9-13-7-5-6-8-14(13)15;1-10(2)12(11-6-7-11)8-4-3-5-9-12;1-9(2)11(10-5-6-10)7-3-4-8-11;8*1-2/h3-6,12,15H,7-11H2,1-2H3;5-8,11-12H,9-10H2,1-4H3;10-11H,3-9H2,1-2H3;9-10H,3-8H2,1-2H3;8*1-2H3. The van der Waals surface area contributed by atoms with E-state index >= 15 is 0 Å². The smallest absolute Gasteiger partial charge is 0.000483 e. The quantitative estimate of drug-likeness (QED) is 0.247. The molecule has 7 aliphatic carbocycles. The predicted molar refractivity (Wildman–Crippen MR) is 327 cm³/mol. The van der Waals surface area contributed by atoms with Gasteiger partial charge in [0.05, 0.1) is 0 Å². The van der Waals surface area contributed by atoms with Crippen molar-refractivity contribution < 1.29 is 0 Å². The SMILES string of the molecule is CC.CC.CC.CC.CC.CC.CC.CC.CC(C)C1(C(C)C)CCc2ccccc21.CC(C)C1(C2CC2)CCCC1.CC(C)C1(C2CC2)CCCCC1.CC(C)C1(C2CC2)CCc2ccccc2C1. The Balaban J connectivity index is -0.000000784. The van der Waals surface area contributed by atoms with Crippen LogP contribution in [0.15, 0.2) is 48.5 Å². The molecule has 9 rings (SSSR count). The van der Waals surface area contributed by atoms with E-state index in [0.29, 0.717) is 10.8 Å². The average Bonchev–Trinajstić information content (AvgIpc) is 4.34. The Morgan fingerprint density at radius 1 is 0.314 bits per heavy atom. The number of aryl methyl sites for hydroxylation is 2. The minimum atomic E-state index is 0.427.